The SMILES string of the molecule is COc1cc(N2CCS(=O)(=O)CC2)ccc1NC(=S)NCC(N)=O. The van der Waals surface area contributed by atoms with Gasteiger partial charge in [-0.25, -0.2) is 8.42 Å². The van der Waals surface area contributed by atoms with Crippen LogP contribution in [0, 0.1) is 0 Å². The van der Waals surface area contributed by atoms with Crippen LogP contribution in [0.4, 0.5) is 11.4 Å². The molecule has 0 spiro atoms. The third-order valence-electron chi connectivity index (χ3n) is 3.57. The van der Waals surface area contributed by atoms with Gasteiger partial charge in [0.2, 0.25) is 5.91 Å². The number of methoxy groups -OCH3 is 1. The molecule has 0 atom stereocenters. The van der Waals surface area contributed by atoms with Gasteiger partial charge in [0, 0.05) is 24.8 Å². The molecule has 1 saturated heterocycles. The van der Waals surface area contributed by atoms with Crippen molar-refractivity contribution in [3.63, 3.8) is 0 Å². The lowest BCUT2D eigenvalue weighted by molar-refractivity contribution is -0.116. The minimum absolute atomic E-state index is 0.0610. The number of amides is 1. The molecule has 1 aromatic carbocycles. The molecule has 1 aliphatic rings. The van der Waals surface area contributed by atoms with Gasteiger partial charge < -0.3 is 26.0 Å². The Balaban J connectivity index is 2.07. The zero-order chi connectivity index (χ0) is 17.7. The highest BCUT2D eigenvalue weighted by molar-refractivity contribution is 7.91. The number of thiocarbonyl (C=S) groups is 1. The summed E-state index contributed by atoms with van der Waals surface area (Å²) in [4.78, 5) is 12.7. The second kappa shape index (κ2) is 7.67. The Kier molecular flexibility index (Phi) is 5.84. The molecule has 0 aliphatic carbocycles. The molecule has 24 heavy (non-hydrogen) atoms. The normalized spacial score (nSPS) is 16.3. The van der Waals surface area contributed by atoms with Crippen molar-refractivity contribution in [2.24, 2.45) is 5.73 Å². The number of hydrogen-bond acceptors (Lipinski definition) is 6. The van der Waals surface area contributed by atoms with Crippen LogP contribution >= 0.6 is 12.2 Å². The number of carbonyl (C=O) groups is 1. The van der Waals surface area contributed by atoms with Crippen molar-refractivity contribution in [2.75, 3.05) is 48.5 Å². The molecule has 0 radical (unpaired) electrons. The predicted molar refractivity (Wildman–Crippen MR) is 97.3 cm³/mol. The Morgan fingerprint density at radius 1 is 1.38 bits per heavy atom. The van der Waals surface area contributed by atoms with Crippen molar-refractivity contribution in [1.82, 2.24) is 5.32 Å². The van der Waals surface area contributed by atoms with Crippen molar-refractivity contribution in [1.29, 1.82) is 0 Å². The van der Waals surface area contributed by atoms with E-state index in [0.717, 1.165) is 5.69 Å². The first-order valence-corrected chi connectivity index (χ1v) is 9.50. The number of anilines is 2. The lowest BCUT2D eigenvalue weighted by atomic mass is 10.2. The predicted octanol–water partition coefficient (Wildman–Crippen LogP) is -0.298. The number of hydrogen-bond donors (Lipinski definition) is 3. The molecule has 1 amide bonds. The number of benzene rings is 1. The van der Waals surface area contributed by atoms with Gasteiger partial charge in [-0.2, -0.15) is 0 Å². The largest absolute Gasteiger partial charge is 0.494 e. The van der Waals surface area contributed by atoms with Crippen LogP contribution in [0.3, 0.4) is 0 Å². The van der Waals surface area contributed by atoms with E-state index in [9.17, 15) is 13.2 Å². The molecule has 132 valence electrons. The molecule has 1 aliphatic heterocycles. The molecule has 1 fully saturated rings. The highest BCUT2D eigenvalue weighted by Crippen LogP contribution is 2.30. The van der Waals surface area contributed by atoms with Crippen molar-refractivity contribution < 1.29 is 17.9 Å². The number of nitrogens with two attached hydrogens (primary N) is 1. The Morgan fingerprint density at radius 2 is 2.04 bits per heavy atom. The van der Waals surface area contributed by atoms with Crippen LogP contribution in [-0.2, 0) is 14.6 Å². The first-order valence-electron chi connectivity index (χ1n) is 7.27. The fourth-order valence-corrected chi connectivity index (χ4v) is 3.67. The van der Waals surface area contributed by atoms with Gasteiger partial charge in [0.25, 0.3) is 0 Å². The van der Waals surface area contributed by atoms with Gasteiger partial charge in [-0.3, -0.25) is 4.79 Å². The second-order valence-electron chi connectivity index (χ2n) is 5.30. The van der Waals surface area contributed by atoms with Crippen LogP contribution in [0.25, 0.3) is 0 Å². The maximum Gasteiger partial charge on any atom is 0.236 e. The number of primary amides is 1. The number of carbonyl (C=O) groups excluding carboxylic acids is 1. The van der Waals surface area contributed by atoms with E-state index in [1.165, 1.54) is 7.11 Å². The molecule has 8 nitrogen and oxygen atoms in total. The monoisotopic (exact) mass is 372 g/mol. The lowest BCUT2D eigenvalue weighted by Gasteiger charge is -2.29. The average molecular weight is 372 g/mol. The Bertz CT molecular complexity index is 722. The summed E-state index contributed by atoms with van der Waals surface area (Å²) < 4.78 is 28.4. The molecular formula is C14H20N4O4S2. The number of ether oxygens (including phenoxy) is 1. The summed E-state index contributed by atoms with van der Waals surface area (Å²) in [7, 11) is -1.39. The number of nitrogens with zero attached hydrogens (tertiary/aromatic N) is 1. The summed E-state index contributed by atoms with van der Waals surface area (Å²) >= 11 is 5.08. The third-order valence-corrected chi connectivity index (χ3v) is 5.42. The molecule has 4 N–H and O–H groups in total. The third kappa shape index (κ3) is 4.96. The van der Waals surface area contributed by atoms with E-state index in [4.69, 9.17) is 22.7 Å². The van der Waals surface area contributed by atoms with E-state index in [-0.39, 0.29) is 23.2 Å². The summed E-state index contributed by atoms with van der Waals surface area (Å²) in [6.45, 7) is 0.849. The van der Waals surface area contributed by atoms with Crippen LogP contribution in [0.2, 0.25) is 0 Å². The molecular weight excluding hydrogens is 352 g/mol. The van der Waals surface area contributed by atoms with Gasteiger partial charge in [-0.05, 0) is 24.4 Å². The van der Waals surface area contributed by atoms with Crippen molar-refractivity contribution in [3.05, 3.63) is 18.2 Å². The lowest BCUT2D eigenvalue weighted by Crippen LogP contribution is -2.40. The molecule has 0 saturated carbocycles. The zero-order valence-corrected chi connectivity index (χ0v) is 14.9. The van der Waals surface area contributed by atoms with Crippen molar-refractivity contribution in [3.8, 4) is 5.75 Å². The van der Waals surface area contributed by atoms with E-state index in [1.807, 2.05) is 17.0 Å². The van der Waals surface area contributed by atoms with Gasteiger partial charge in [0.05, 0.1) is 30.8 Å². The molecule has 1 heterocycles. The molecule has 0 unspecified atom stereocenters. The smallest absolute Gasteiger partial charge is 0.236 e. The van der Waals surface area contributed by atoms with Gasteiger partial charge in [-0.1, -0.05) is 0 Å². The van der Waals surface area contributed by atoms with Crippen molar-refractivity contribution >= 4 is 44.4 Å². The first-order chi connectivity index (χ1) is 11.3. The van der Waals surface area contributed by atoms with Gasteiger partial charge in [-0.15, -0.1) is 0 Å². The highest BCUT2D eigenvalue weighted by Gasteiger charge is 2.22. The molecule has 10 heteroatoms. The Hall–Kier alpha value is -2.07. The quantitative estimate of drug-likeness (QED) is 0.604. The van der Waals surface area contributed by atoms with Crippen LogP contribution in [-0.4, -0.2) is 57.7 Å². The van der Waals surface area contributed by atoms with E-state index < -0.39 is 15.7 Å². The van der Waals surface area contributed by atoms with Crippen LogP contribution in [0.5, 0.6) is 5.75 Å². The average Bonchev–Trinajstić information content (AvgIpc) is 2.53. The topological polar surface area (TPSA) is 114 Å². The summed E-state index contributed by atoms with van der Waals surface area (Å²) in [6.07, 6.45) is 0. The van der Waals surface area contributed by atoms with Crippen molar-refractivity contribution in [2.45, 2.75) is 0 Å². The van der Waals surface area contributed by atoms with E-state index in [1.54, 1.807) is 6.07 Å². The van der Waals surface area contributed by atoms with E-state index in [2.05, 4.69) is 10.6 Å². The standard InChI is InChI=1S/C14H20N4O4S2/c1-22-12-8-10(18-4-6-24(20,21)7-5-18)2-3-11(12)17-14(23)16-9-13(15)19/h2-3,8H,4-7,9H2,1H3,(H2,15,19)(H2,16,17,23). The highest BCUT2D eigenvalue weighted by atomic mass is 32.2. The minimum atomic E-state index is -2.93. The minimum Gasteiger partial charge on any atom is -0.494 e. The Labute approximate surface area is 146 Å². The Morgan fingerprint density at radius 3 is 2.62 bits per heavy atom. The summed E-state index contributed by atoms with van der Waals surface area (Å²) in [6, 6.07) is 5.46. The summed E-state index contributed by atoms with van der Waals surface area (Å²) in [5, 5.41) is 5.87. The van der Waals surface area contributed by atoms with E-state index in [0.29, 0.717) is 24.5 Å². The molecule has 0 aromatic heterocycles. The fourth-order valence-electron chi connectivity index (χ4n) is 2.28. The van der Waals surface area contributed by atoms with Gasteiger partial charge in [0.15, 0.2) is 14.9 Å². The fraction of sp³-hybridized carbons (Fsp3) is 0.429. The number of rotatable bonds is 5. The first kappa shape index (κ1) is 18.3. The summed E-state index contributed by atoms with van der Waals surface area (Å²) in [5.41, 5.74) is 6.56. The zero-order valence-electron chi connectivity index (χ0n) is 13.2. The molecule has 0 bridgehead atoms. The van der Waals surface area contributed by atoms with Crippen LogP contribution < -0.4 is 26.0 Å². The van der Waals surface area contributed by atoms with Gasteiger partial charge >= 0.3 is 0 Å². The molecule has 1 aromatic rings. The van der Waals surface area contributed by atoms with E-state index >= 15 is 0 Å². The summed E-state index contributed by atoms with van der Waals surface area (Å²) in [5.74, 6) is 0.345. The second-order valence-corrected chi connectivity index (χ2v) is 8.01. The van der Waals surface area contributed by atoms with Gasteiger partial charge in [0.1, 0.15) is 5.75 Å². The van der Waals surface area contributed by atoms with Crippen LogP contribution in [0.1, 0.15) is 0 Å². The maximum atomic E-state index is 11.5. The van der Waals surface area contributed by atoms with Crippen LogP contribution in [0.15, 0.2) is 18.2 Å². The number of nitrogens with one attached hydrogen (secondary N) is 2. The number of sulfone groups is 1. The maximum absolute atomic E-state index is 11.5. The molecule has 2 rings (SSSR count).